The Morgan fingerprint density at radius 1 is 1.41 bits per heavy atom. The van der Waals surface area contributed by atoms with Gasteiger partial charge in [0.15, 0.2) is 0 Å². The fourth-order valence-electron chi connectivity index (χ4n) is 2.20. The molecule has 1 atom stereocenters. The summed E-state index contributed by atoms with van der Waals surface area (Å²) in [4.78, 5) is 0. The molecule has 0 saturated heterocycles. The molecule has 98 valence electrons. The molecule has 0 bridgehead atoms. The quantitative estimate of drug-likeness (QED) is 0.753. The van der Waals surface area contributed by atoms with Gasteiger partial charge in [-0.05, 0) is 26.3 Å². The molecule has 0 radical (unpaired) electrons. The predicted octanol–water partition coefficient (Wildman–Crippen LogP) is 3.13. The summed E-state index contributed by atoms with van der Waals surface area (Å²) in [5.41, 5.74) is 2.63. The largest absolute Gasteiger partial charge is 0.316 e. The number of nitrogens with zero attached hydrogens (tertiary/aromatic N) is 2. The number of hydrogen-bond donors (Lipinski definition) is 1. The van der Waals surface area contributed by atoms with Crippen LogP contribution in [0.15, 0.2) is 6.20 Å². The van der Waals surface area contributed by atoms with Crippen molar-refractivity contribution in [3.05, 3.63) is 17.5 Å². The average molecular weight is 237 g/mol. The zero-order valence-corrected chi connectivity index (χ0v) is 11.8. The van der Waals surface area contributed by atoms with Crippen LogP contribution >= 0.6 is 0 Å². The van der Waals surface area contributed by atoms with Gasteiger partial charge in [0, 0.05) is 24.3 Å². The van der Waals surface area contributed by atoms with Crippen LogP contribution in [-0.2, 0) is 13.1 Å². The summed E-state index contributed by atoms with van der Waals surface area (Å²) in [5, 5.41) is 7.69. The fourth-order valence-corrected chi connectivity index (χ4v) is 2.20. The predicted molar refractivity (Wildman–Crippen MR) is 73.0 cm³/mol. The Bertz CT molecular complexity index is 317. The van der Waals surface area contributed by atoms with Crippen LogP contribution in [0.5, 0.6) is 0 Å². The smallest absolute Gasteiger partial charge is 0.0537 e. The van der Waals surface area contributed by atoms with Gasteiger partial charge in [0.05, 0.1) is 6.20 Å². The van der Waals surface area contributed by atoms with Gasteiger partial charge in [-0.15, -0.1) is 0 Å². The van der Waals surface area contributed by atoms with Gasteiger partial charge in [0.2, 0.25) is 0 Å². The molecule has 1 rings (SSSR count). The SMILES string of the molecule is CCCCC(CC)Cn1ncc(CNC)c1C. The van der Waals surface area contributed by atoms with Gasteiger partial charge in [-0.2, -0.15) is 5.10 Å². The van der Waals surface area contributed by atoms with E-state index in [0.717, 1.165) is 19.0 Å². The van der Waals surface area contributed by atoms with E-state index in [0.29, 0.717) is 0 Å². The first kappa shape index (κ1) is 14.2. The van der Waals surface area contributed by atoms with Crippen LogP contribution < -0.4 is 5.32 Å². The van der Waals surface area contributed by atoms with E-state index in [1.165, 1.54) is 36.9 Å². The Morgan fingerprint density at radius 3 is 2.76 bits per heavy atom. The first-order valence-corrected chi connectivity index (χ1v) is 6.88. The van der Waals surface area contributed by atoms with Gasteiger partial charge in [-0.3, -0.25) is 4.68 Å². The highest BCUT2D eigenvalue weighted by Gasteiger charge is 2.11. The van der Waals surface area contributed by atoms with Gasteiger partial charge >= 0.3 is 0 Å². The normalized spacial score (nSPS) is 12.9. The number of hydrogen-bond acceptors (Lipinski definition) is 2. The van der Waals surface area contributed by atoms with Crippen molar-refractivity contribution >= 4 is 0 Å². The molecule has 0 aliphatic heterocycles. The van der Waals surface area contributed by atoms with Crippen LogP contribution in [0.3, 0.4) is 0 Å². The Kier molecular flexibility index (Phi) is 6.27. The minimum absolute atomic E-state index is 0.774. The highest BCUT2D eigenvalue weighted by atomic mass is 15.3. The molecular formula is C14H27N3. The molecule has 0 aromatic carbocycles. The molecule has 0 aliphatic carbocycles. The van der Waals surface area contributed by atoms with E-state index >= 15 is 0 Å². The van der Waals surface area contributed by atoms with E-state index < -0.39 is 0 Å². The molecule has 0 amide bonds. The van der Waals surface area contributed by atoms with E-state index in [9.17, 15) is 0 Å². The van der Waals surface area contributed by atoms with Crippen LogP contribution in [0.4, 0.5) is 0 Å². The van der Waals surface area contributed by atoms with E-state index in [2.05, 4.69) is 35.9 Å². The topological polar surface area (TPSA) is 29.9 Å². The average Bonchev–Trinajstić information content (AvgIpc) is 2.67. The Balaban J connectivity index is 2.59. The molecule has 1 aromatic rings. The summed E-state index contributed by atoms with van der Waals surface area (Å²) in [6.07, 6.45) is 7.20. The monoisotopic (exact) mass is 237 g/mol. The Labute approximate surface area is 106 Å². The van der Waals surface area contributed by atoms with Crippen LogP contribution in [-0.4, -0.2) is 16.8 Å². The van der Waals surface area contributed by atoms with Crippen LogP contribution in [0.1, 0.15) is 50.8 Å². The summed E-state index contributed by atoms with van der Waals surface area (Å²) in [6.45, 7) is 8.71. The summed E-state index contributed by atoms with van der Waals surface area (Å²) >= 11 is 0. The van der Waals surface area contributed by atoms with E-state index in [1.807, 2.05) is 13.2 Å². The fraction of sp³-hybridized carbons (Fsp3) is 0.786. The minimum Gasteiger partial charge on any atom is -0.316 e. The maximum absolute atomic E-state index is 4.51. The lowest BCUT2D eigenvalue weighted by atomic mass is 9.99. The molecule has 3 nitrogen and oxygen atoms in total. The third-order valence-corrected chi connectivity index (χ3v) is 3.55. The maximum Gasteiger partial charge on any atom is 0.0537 e. The second-order valence-corrected chi connectivity index (χ2v) is 4.88. The second kappa shape index (κ2) is 7.49. The van der Waals surface area contributed by atoms with Gasteiger partial charge in [0.25, 0.3) is 0 Å². The molecule has 1 heterocycles. The molecule has 0 spiro atoms. The lowest BCUT2D eigenvalue weighted by Gasteiger charge is -2.15. The zero-order valence-electron chi connectivity index (χ0n) is 11.8. The molecule has 0 fully saturated rings. The first-order valence-electron chi connectivity index (χ1n) is 6.88. The molecule has 0 saturated carbocycles. The van der Waals surface area contributed by atoms with Crippen LogP contribution in [0.2, 0.25) is 0 Å². The molecule has 1 N–H and O–H groups in total. The van der Waals surface area contributed by atoms with Gasteiger partial charge in [-0.1, -0.05) is 33.1 Å². The highest BCUT2D eigenvalue weighted by Crippen LogP contribution is 2.17. The van der Waals surface area contributed by atoms with Crippen molar-refractivity contribution in [1.29, 1.82) is 0 Å². The number of rotatable bonds is 8. The van der Waals surface area contributed by atoms with Crippen molar-refractivity contribution in [2.45, 2.75) is 59.5 Å². The first-order chi connectivity index (χ1) is 8.22. The van der Waals surface area contributed by atoms with E-state index in [-0.39, 0.29) is 0 Å². The van der Waals surface area contributed by atoms with Crippen molar-refractivity contribution < 1.29 is 0 Å². The number of nitrogens with one attached hydrogen (secondary N) is 1. The van der Waals surface area contributed by atoms with Gasteiger partial charge < -0.3 is 5.32 Å². The van der Waals surface area contributed by atoms with E-state index in [4.69, 9.17) is 0 Å². The van der Waals surface area contributed by atoms with Crippen molar-refractivity contribution in [3.8, 4) is 0 Å². The summed E-state index contributed by atoms with van der Waals surface area (Å²) in [5.74, 6) is 0.774. The van der Waals surface area contributed by atoms with Gasteiger partial charge in [-0.25, -0.2) is 0 Å². The maximum atomic E-state index is 4.51. The molecular weight excluding hydrogens is 210 g/mol. The zero-order chi connectivity index (χ0) is 12.7. The number of unbranched alkanes of at least 4 members (excludes halogenated alkanes) is 1. The minimum atomic E-state index is 0.774. The standard InChI is InChI=1S/C14H27N3/c1-5-7-8-13(6-2)11-17-12(3)14(9-15-4)10-16-17/h10,13,15H,5-9,11H2,1-4H3. The lowest BCUT2D eigenvalue weighted by molar-refractivity contribution is 0.368. The van der Waals surface area contributed by atoms with Crippen LogP contribution in [0, 0.1) is 12.8 Å². The van der Waals surface area contributed by atoms with Crippen molar-refractivity contribution in [2.75, 3.05) is 7.05 Å². The van der Waals surface area contributed by atoms with Crippen molar-refractivity contribution in [2.24, 2.45) is 5.92 Å². The summed E-state index contributed by atoms with van der Waals surface area (Å²) in [7, 11) is 1.98. The van der Waals surface area contributed by atoms with Crippen molar-refractivity contribution in [1.82, 2.24) is 15.1 Å². The molecule has 1 aromatic heterocycles. The molecule has 3 heteroatoms. The molecule has 1 unspecified atom stereocenters. The summed E-state index contributed by atoms with van der Waals surface area (Å²) in [6, 6.07) is 0. The Hall–Kier alpha value is -0.830. The Morgan fingerprint density at radius 2 is 2.18 bits per heavy atom. The van der Waals surface area contributed by atoms with Crippen molar-refractivity contribution in [3.63, 3.8) is 0 Å². The van der Waals surface area contributed by atoms with E-state index in [1.54, 1.807) is 0 Å². The van der Waals surface area contributed by atoms with Crippen LogP contribution in [0.25, 0.3) is 0 Å². The number of aromatic nitrogens is 2. The highest BCUT2D eigenvalue weighted by molar-refractivity contribution is 5.15. The molecule has 17 heavy (non-hydrogen) atoms. The second-order valence-electron chi connectivity index (χ2n) is 4.88. The van der Waals surface area contributed by atoms with Gasteiger partial charge in [0.1, 0.15) is 0 Å². The molecule has 0 aliphatic rings. The summed E-state index contributed by atoms with van der Waals surface area (Å²) < 4.78 is 2.18. The third-order valence-electron chi connectivity index (χ3n) is 3.55. The lowest BCUT2D eigenvalue weighted by Crippen LogP contribution is -2.13. The third kappa shape index (κ3) is 4.15.